The second-order valence-electron chi connectivity index (χ2n) is 5.94. The van der Waals surface area contributed by atoms with E-state index in [1.807, 2.05) is 20.8 Å². The lowest BCUT2D eigenvalue weighted by molar-refractivity contribution is 0.102. The van der Waals surface area contributed by atoms with E-state index in [2.05, 4.69) is 25.2 Å². The van der Waals surface area contributed by atoms with Crippen LogP contribution in [0.1, 0.15) is 28.7 Å². The van der Waals surface area contributed by atoms with Crippen molar-refractivity contribution in [1.82, 2.24) is 15.0 Å². The van der Waals surface area contributed by atoms with Crippen molar-refractivity contribution >= 4 is 17.5 Å². The van der Waals surface area contributed by atoms with Crippen LogP contribution in [-0.2, 0) is 4.74 Å². The van der Waals surface area contributed by atoms with Crippen molar-refractivity contribution in [2.75, 3.05) is 43.1 Å². The van der Waals surface area contributed by atoms with E-state index in [9.17, 15) is 4.79 Å². The maximum atomic E-state index is 12.5. The number of hydrogen-bond donors (Lipinski definition) is 1. The van der Waals surface area contributed by atoms with Gasteiger partial charge in [-0.05, 0) is 26.8 Å². The van der Waals surface area contributed by atoms with E-state index in [-0.39, 0.29) is 5.91 Å². The molecule has 0 aromatic carbocycles. The van der Waals surface area contributed by atoms with Gasteiger partial charge in [-0.1, -0.05) is 0 Å². The van der Waals surface area contributed by atoms with Gasteiger partial charge in [0.15, 0.2) is 0 Å². The highest BCUT2D eigenvalue weighted by Crippen LogP contribution is 2.22. The van der Waals surface area contributed by atoms with E-state index in [4.69, 9.17) is 9.47 Å². The fourth-order valence-corrected chi connectivity index (χ4v) is 2.72. The van der Waals surface area contributed by atoms with Gasteiger partial charge in [0.25, 0.3) is 5.91 Å². The second-order valence-corrected chi connectivity index (χ2v) is 5.94. The SMILES string of the molecule is CCOc1ccc(C(=O)Nc2c(C)nc(N3CCOCC3)nc2C)cn1. The molecule has 26 heavy (non-hydrogen) atoms. The molecule has 0 spiro atoms. The number of anilines is 2. The number of carbonyl (C=O) groups excluding carboxylic acids is 1. The molecular formula is C18H23N5O3. The monoisotopic (exact) mass is 357 g/mol. The summed E-state index contributed by atoms with van der Waals surface area (Å²) in [6.45, 7) is 9.02. The summed E-state index contributed by atoms with van der Waals surface area (Å²) in [5.74, 6) is 0.910. The van der Waals surface area contributed by atoms with E-state index >= 15 is 0 Å². The van der Waals surface area contributed by atoms with Gasteiger partial charge in [0, 0.05) is 25.4 Å². The van der Waals surface area contributed by atoms with Gasteiger partial charge in [-0.3, -0.25) is 4.79 Å². The van der Waals surface area contributed by atoms with Crippen molar-refractivity contribution in [3.05, 3.63) is 35.3 Å². The van der Waals surface area contributed by atoms with Crippen LogP contribution in [0.15, 0.2) is 18.3 Å². The Morgan fingerprint density at radius 1 is 1.23 bits per heavy atom. The molecule has 1 fully saturated rings. The third-order valence-corrected chi connectivity index (χ3v) is 4.08. The van der Waals surface area contributed by atoms with E-state index in [1.54, 1.807) is 12.1 Å². The van der Waals surface area contributed by atoms with Crippen molar-refractivity contribution in [1.29, 1.82) is 0 Å². The van der Waals surface area contributed by atoms with Crippen molar-refractivity contribution < 1.29 is 14.3 Å². The first-order chi connectivity index (χ1) is 12.6. The molecule has 0 aliphatic carbocycles. The Kier molecular flexibility index (Phi) is 5.62. The van der Waals surface area contributed by atoms with Crippen LogP contribution >= 0.6 is 0 Å². The summed E-state index contributed by atoms with van der Waals surface area (Å²) in [7, 11) is 0. The number of carbonyl (C=O) groups is 1. The Balaban J connectivity index is 1.75. The molecule has 138 valence electrons. The number of amides is 1. The molecule has 1 amide bonds. The lowest BCUT2D eigenvalue weighted by Crippen LogP contribution is -2.37. The smallest absolute Gasteiger partial charge is 0.257 e. The van der Waals surface area contributed by atoms with Gasteiger partial charge >= 0.3 is 0 Å². The molecule has 2 aromatic rings. The minimum Gasteiger partial charge on any atom is -0.478 e. The zero-order valence-corrected chi connectivity index (χ0v) is 15.3. The largest absolute Gasteiger partial charge is 0.478 e. The highest BCUT2D eigenvalue weighted by Gasteiger charge is 2.18. The molecule has 8 nitrogen and oxygen atoms in total. The van der Waals surface area contributed by atoms with Crippen molar-refractivity contribution in [3.63, 3.8) is 0 Å². The number of rotatable bonds is 5. The second kappa shape index (κ2) is 8.09. The zero-order chi connectivity index (χ0) is 18.5. The lowest BCUT2D eigenvalue weighted by Gasteiger charge is -2.27. The summed E-state index contributed by atoms with van der Waals surface area (Å²) in [6.07, 6.45) is 1.49. The van der Waals surface area contributed by atoms with E-state index < -0.39 is 0 Å². The maximum Gasteiger partial charge on any atom is 0.257 e. The molecule has 1 aliphatic rings. The summed E-state index contributed by atoms with van der Waals surface area (Å²) in [4.78, 5) is 27.8. The molecule has 0 radical (unpaired) electrons. The predicted molar refractivity (Wildman–Crippen MR) is 97.9 cm³/mol. The summed E-state index contributed by atoms with van der Waals surface area (Å²) in [5, 5.41) is 2.89. The number of nitrogens with zero attached hydrogens (tertiary/aromatic N) is 4. The summed E-state index contributed by atoms with van der Waals surface area (Å²) >= 11 is 0. The minimum atomic E-state index is -0.255. The van der Waals surface area contributed by atoms with E-state index in [0.29, 0.717) is 42.9 Å². The Morgan fingerprint density at radius 3 is 2.50 bits per heavy atom. The number of morpholine rings is 1. The topological polar surface area (TPSA) is 89.5 Å². The molecule has 0 atom stereocenters. The molecule has 0 saturated carbocycles. The summed E-state index contributed by atoms with van der Waals surface area (Å²) in [5.41, 5.74) is 2.53. The zero-order valence-electron chi connectivity index (χ0n) is 15.3. The van der Waals surface area contributed by atoms with Gasteiger partial charge in [-0.15, -0.1) is 0 Å². The highest BCUT2D eigenvalue weighted by atomic mass is 16.5. The van der Waals surface area contributed by atoms with Crippen LogP contribution in [-0.4, -0.2) is 53.8 Å². The van der Waals surface area contributed by atoms with Gasteiger partial charge < -0.3 is 19.7 Å². The first-order valence-electron chi connectivity index (χ1n) is 8.66. The van der Waals surface area contributed by atoms with Crippen LogP contribution in [0.5, 0.6) is 5.88 Å². The van der Waals surface area contributed by atoms with Crippen LogP contribution in [0, 0.1) is 13.8 Å². The average Bonchev–Trinajstić information content (AvgIpc) is 2.66. The quantitative estimate of drug-likeness (QED) is 0.875. The van der Waals surface area contributed by atoms with Gasteiger partial charge in [0.05, 0.1) is 42.5 Å². The molecule has 1 aliphatic heterocycles. The van der Waals surface area contributed by atoms with Crippen LogP contribution in [0.25, 0.3) is 0 Å². The first kappa shape index (κ1) is 18.1. The normalized spacial score (nSPS) is 14.2. The number of aryl methyl sites for hydroxylation is 2. The van der Waals surface area contributed by atoms with Gasteiger partial charge in [-0.25, -0.2) is 15.0 Å². The molecular weight excluding hydrogens is 334 g/mol. The Morgan fingerprint density at radius 2 is 1.92 bits per heavy atom. The predicted octanol–water partition coefficient (Wildman–Crippen LogP) is 1.98. The van der Waals surface area contributed by atoms with Crippen LogP contribution in [0.3, 0.4) is 0 Å². The number of ether oxygens (including phenoxy) is 2. The molecule has 3 rings (SSSR count). The first-order valence-corrected chi connectivity index (χ1v) is 8.66. The standard InChI is InChI=1S/C18H23N5O3/c1-4-26-15-6-5-14(11-19-15)17(24)22-16-12(2)20-18(21-13(16)3)23-7-9-25-10-8-23/h5-6,11H,4,7-10H2,1-3H3,(H,22,24). The Hall–Kier alpha value is -2.74. The van der Waals surface area contributed by atoms with E-state index in [0.717, 1.165) is 24.5 Å². The maximum absolute atomic E-state index is 12.5. The molecule has 3 heterocycles. The molecule has 1 saturated heterocycles. The number of nitrogens with one attached hydrogen (secondary N) is 1. The van der Waals surface area contributed by atoms with Crippen LogP contribution < -0.4 is 15.0 Å². The molecule has 1 N–H and O–H groups in total. The van der Waals surface area contributed by atoms with Crippen LogP contribution in [0.2, 0.25) is 0 Å². The molecule has 8 heteroatoms. The number of pyridine rings is 1. The fourth-order valence-electron chi connectivity index (χ4n) is 2.72. The lowest BCUT2D eigenvalue weighted by atomic mass is 10.2. The fraction of sp³-hybridized carbons (Fsp3) is 0.444. The summed E-state index contributed by atoms with van der Waals surface area (Å²) < 4.78 is 10.7. The van der Waals surface area contributed by atoms with E-state index in [1.165, 1.54) is 6.20 Å². The number of hydrogen-bond acceptors (Lipinski definition) is 7. The third kappa shape index (κ3) is 4.08. The van der Waals surface area contributed by atoms with Gasteiger partial charge in [0.2, 0.25) is 11.8 Å². The molecule has 2 aromatic heterocycles. The molecule has 0 bridgehead atoms. The summed E-state index contributed by atoms with van der Waals surface area (Å²) in [6, 6.07) is 3.36. The number of aromatic nitrogens is 3. The van der Waals surface area contributed by atoms with Crippen molar-refractivity contribution in [2.45, 2.75) is 20.8 Å². The van der Waals surface area contributed by atoms with Crippen LogP contribution in [0.4, 0.5) is 11.6 Å². The Bertz CT molecular complexity index is 750. The molecule has 0 unspecified atom stereocenters. The van der Waals surface area contributed by atoms with Crippen molar-refractivity contribution in [3.8, 4) is 5.88 Å². The average molecular weight is 357 g/mol. The highest BCUT2D eigenvalue weighted by molar-refractivity contribution is 6.04. The van der Waals surface area contributed by atoms with Crippen molar-refractivity contribution in [2.24, 2.45) is 0 Å². The third-order valence-electron chi connectivity index (χ3n) is 4.08. The van der Waals surface area contributed by atoms with Gasteiger partial charge in [-0.2, -0.15) is 0 Å². The Labute approximate surface area is 152 Å². The van der Waals surface area contributed by atoms with Gasteiger partial charge in [0.1, 0.15) is 0 Å². The minimum absolute atomic E-state index is 0.255.